The molecule has 1 aromatic carbocycles. The molecule has 1 aromatic heterocycles. The highest BCUT2D eigenvalue weighted by Gasteiger charge is 2.10. The molecule has 0 spiro atoms. The molecule has 0 atom stereocenters. The largest absolute Gasteiger partial charge is 0.384 e. The monoisotopic (exact) mass is 300 g/mol. The lowest BCUT2D eigenvalue weighted by Crippen LogP contribution is -2.23. The summed E-state index contributed by atoms with van der Waals surface area (Å²) in [4.78, 5) is 17.4. The van der Waals surface area contributed by atoms with E-state index >= 15 is 0 Å². The van der Waals surface area contributed by atoms with Gasteiger partial charge in [-0.2, -0.15) is 0 Å². The predicted molar refractivity (Wildman–Crippen MR) is 83.2 cm³/mol. The number of thiazole rings is 1. The number of nitrogens with one attached hydrogen (secondary N) is 1. The Balaban J connectivity index is 2.14. The second-order valence-electron chi connectivity index (χ2n) is 4.54. The Morgan fingerprint density at radius 1 is 1.43 bits per heavy atom. The fourth-order valence-corrected chi connectivity index (χ4v) is 2.58. The zero-order valence-corrected chi connectivity index (χ0v) is 12.8. The van der Waals surface area contributed by atoms with Crippen LogP contribution in [0.5, 0.6) is 0 Å². The van der Waals surface area contributed by atoms with Crippen molar-refractivity contribution in [3.63, 3.8) is 0 Å². The normalized spacial score (nSPS) is 9.86. The van der Waals surface area contributed by atoms with Gasteiger partial charge in [-0.15, -0.1) is 11.3 Å². The third-order valence-electron chi connectivity index (χ3n) is 2.81. The van der Waals surface area contributed by atoms with E-state index in [2.05, 4.69) is 22.1 Å². The Hall–Kier alpha value is -2.16. The van der Waals surface area contributed by atoms with E-state index in [1.54, 1.807) is 23.6 Å². The second-order valence-corrected chi connectivity index (χ2v) is 5.86. The van der Waals surface area contributed by atoms with Crippen molar-refractivity contribution in [1.29, 1.82) is 0 Å². The first-order chi connectivity index (χ1) is 10.1. The summed E-state index contributed by atoms with van der Waals surface area (Å²) >= 11 is 1.56. The summed E-state index contributed by atoms with van der Waals surface area (Å²) in [6.07, 6.45) is 1.77. The lowest BCUT2D eigenvalue weighted by Gasteiger charge is -2.07. The van der Waals surface area contributed by atoms with Crippen molar-refractivity contribution in [2.45, 2.75) is 20.4 Å². The fraction of sp³-hybridized carbons (Fsp3) is 0.250. The van der Waals surface area contributed by atoms with Crippen LogP contribution in [-0.4, -0.2) is 22.6 Å². The van der Waals surface area contributed by atoms with Crippen LogP contribution in [0.25, 0.3) is 0 Å². The first-order valence-electron chi connectivity index (χ1n) is 6.50. The van der Waals surface area contributed by atoms with Crippen LogP contribution in [0.2, 0.25) is 0 Å². The minimum absolute atomic E-state index is 0.178. The molecule has 0 radical (unpaired) electrons. The van der Waals surface area contributed by atoms with Crippen molar-refractivity contribution in [3.8, 4) is 11.8 Å². The number of aryl methyl sites for hydroxylation is 2. The fourth-order valence-electron chi connectivity index (χ4n) is 1.84. The molecule has 1 heterocycles. The number of nitrogens with zero attached hydrogens (tertiary/aromatic N) is 1. The molecule has 0 aliphatic heterocycles. The third-order valence-corrected chi connectivity index (χ3v) is 3.73. The van der Waals surface area contributed by atoms with Crippen molar-refractivity contribution < 1.29 is 9.90 Å². The summed E-state index contributed by atoms with van der Waals surface area (Å²) in [5, 5.41) is 12.6. The molecule has 2 N–H and O–H groups in total. The van der Waals surface area contributed by atoms with E-state index in [4.69, 9.17) is 5.11 Å². The maximum Gasteiger partial charge on any atom is 0.252 e. The summed E-state index contributed by atoms with van der Waals surface area (Å²) in [6, 6.07) is 5.47. The number of aliphatic hydroxyl groups excluding tert-OH is 1. The number of amides is 1. The van der Waals surface area contributed by atoms with Gasteiger partial charge in [0.1, 0.15) is 6.61 Å². The Morgan fingerprint density at radius 3 is 2.90 bits per heavy atom. The van der Waals surface area contributed by atoms with Gasteiger partial charge in [-0.05, 0) is 31.5 Å². The molecule has 4 nitrogen and oxygen atoms in total. The number of carbonyl (C=O) groups excluding carboxylic acids is 1. The van der Waals surface area contributed by atoms with Gasteiger partial charge in [-0.3, -0.25) is 4.79 Å². The van der Waals surface area contributed by atoms with E-state index in [-0.39, 0.29) is 12.5 Å². The molecule has 0 aliphatic rings. The SMILES string of the molecule is Cc1ccc(C(=O)NCc2cnc(C)s2)c(C#CCO)c1. The lowest BCUT2D eigenvalue weighted by molar-refractivity contribution is 0.0951. The molecular formula is C16H16N2O2S. The van der Waals surface area contributed by atoms with Crippen LogP contribution in [0.1, 0.15) is 31.4 Å². The van der Waals surface area contributed by atoms with Crippen LogP contribution >= 0.6 is 11.3 Å². The molecule has 2 aromatic rings. The van der Waals surface area contributed by atoms with Crippen LogP contribution in [0.3, 0.4) is 0 Å². The summed E-state index contributed by atoms with van der Waals surface area (Å²) in [7, 11) is 0. The molecule has 1 amide bonds. The van der Waals surface area contributed by atoms with Gasteiger partial charge >= 0.3 is 0 Å². The van der Waals surface area contributed by atoms with Gasteiger partial charge in [-0.1, -0.05) is 17.9 Å². The average Bonchev–Trinajstić information content (AvgIpc) is 2.88. The van der Waals surface area contributed by atoms with Crippen LogP contribution in [-0.2, 0) is 6.54 Å². The molecular weight excluding hydrogens is 284 g/mol. The summed E-state index contributed by atoms with van der Waals surface area (Å²) in [5.74, 6) is 5.22. The predicted octanol–water partition coefficient (Wildman–Crippen LogP) is 2.03. The highest BCUT2D eigenvalue weighted by molar-refractivity contribution is 7.11. The van der Waals surface area contributed by atoms with Gasteiger partial charge in [0.2, 0.25) is 0 Å². The zero-order chi connectivity index (χ0) is 15.2. The number of hydrogen-bond acceptors (Lipinski definition) is 4. The van der Waals surface area contributed by atoms with Crippen LogP contribution in [0.15, 0.2) is 24.4 Å². The smallest absolute Gasteiger partial charge is 0.252 e. The minimum atomic E-state index is -0.227. The van der Waals surface area contributed by atoms with Gasteiger partial charge in [0.25, 0.3) is 5.91 Å². The highest BCUT2D eigenvalue weighted by Crippen LogP contribution is 2.13. The molecule has 2 rings (SSSR count). The number of aromatic nitrogens is 1. The summed E-state index contributed by atoms with van der Waals surface area (Å²) in [6.45, 7) is 4.09. The molecule has 0 fully saturated rings. The molecule has 108 valence electrons. The first-order valence-corrected chi connectivity index (χ1v) is 7.31. The van der Waals surface area contributed by atoms with Crippen LogP contribution in [0, 0.1) is 25.7 Å². The molecule has 0 unspecified atom stereocenters. The van der Waals surface area contributed by atoms with E-state index < -0.39 is 0 Å². The highest BCUT2D eigenvalue weighted by atomic mass is 32.1. The topological polar surface area (TPSA) is 62.2 Å². The standard InChI is InChI=1S/C16H16N2O2S/c1-11-5-6-15(13(8-11)4-3-7-19)16(20)18-10-14-9-17-12(2)21-14/h5-6,8-9,19H,7,10H2,1-2H3,(H,18,20). The van der Waals surface area contributed by atoms with Gasteiger partial charge in [-0.25, -0.2) is 4.98 Å². The van der Waals surface area contributed by atoms with Crippen molar-refractivity contribution in [1.82, 2.24) is 10.3 Å². The Labute approximate surface area is 127 Å². The zero-order valence-electron chi connectivity index (χ0n) is 11.9. The minimum Gasteiger partial charge on any atom is -0.384 e. The van der Waals surface area contributed by atoms with Gasteiger partial charge < -0.3 is 10.4 Å². The average molecular weight is 300 g/mol. The van der Waals surface area contributed by atoms with Crippen LogP contribution < -0.4 is 5.32 Å². The number of rotatable bonds is 3. The maximum atomic E-state index is 12.3. The summed E-state index contributed by atoms with van der Waals surface area (Å²) < 4.78 is 0. The quantitative estimate of drug-likeness (QED) is 0.853. The Kier molecular flexibility index (Phi) is 5.09. The maximum absolute atomic E-state index is 12.3. The van der Waals surface area contributed by atoms with Gasteiger partial charge in [0.05, 0.1) is 17.1 Å². The van der Waals surface area contributed by atoms with E-state index in [1.807, 2.05) is 26.0 Å². The number of benzene rings is 1. The molecule has 0 bridgehead atoms. The Morgan fingerprint density at radius 2 is 2.24 bits per heavy atom. The van der Waals surface area contributed by atoms with Crippen molar-refractivity contribution in [2.24, 2.45) is 0 Å². The molecule has 0 aliphatic carbocycles. The van der Waals surface area contributed by atoms with E-state index in [1.165, 1.54) is 0 Å². The van der Waals surface area contributed by atoms with Crippen LogP contribution in [0.4, 0.5) is 0 Å². The molecule has 5 heteroatoms. The Bertz CT molecular complexity index is 711. The number of carbonyl (C=O) groups is 1. The van der Waals surface area contributed by atoms with E-state index in [9.17, 15) is 4.79 Å². The first kappa shape index (κ1) is 15.2. The van der Waals surface area contributed by atoms with Gasteiger partial charge in [0.15, 0.2) is 0 Å². The van der Waals surface area contributed by atoms with Crippen molar-refractivity contribution >= 4 is 17.2 Å². The van der Waals surface area contributed by atoms with E-state index in [0.717, 1.165) is 15.4 Å². The van der Waals surface area contributed by atoms with Crippen molar-refractivity contribution in [3.05, 3.63) is 51.0 Å². The summed E-state index contributed by atoms with van der Waals surface area (Å²) in [5.41, 5.74) is 2.16. The molecule has 0 saturated heterocycles. The number of hydrogen-bond donors (Lipinski definition) is 2. The second kappa shape index (κ2) is 7.02. The van der Waals surface area contributed by atoms with Gasteiger partial charge in [0, 0.05) is 16.6 Å². The number of aliphatic hydroxyl groups is 1. The third kappa shape index (κ3) is 4.15. The molecule has 0 saturated carbocycles. The lowest BCUT2D eigenvalue weighted by atomic mass is 10.0. The van der Waals surface area contributed by atoms with Crippen molar-refractivity contribution in [2.75, 3.05) is 6.61 Å². The molecule has 21 heavy (non-hydrogen) atoms. The van der Waals surface area contributed by atoms with E-state index in [0.29, 0.717) is 17.7 Å².